The van der Waals surface area contributed by atoms with Gasteiger partial charge in [0.2, 0.25) is 0 Å². The van der Waals surface area contributed by atoms with Crippen molar-refractivity contribution in [1.82, 2.24) is 4.90 Å². The number of imide groups is 1. The summed E-state index contributed by atoms with van der Waals surface area (Å²) in [6.07, 6.45) is 0.282. The van der Waals surface area contributed by atoms with Crippen LogP contribution < -0.4 is 4.90 Å². The monoisotopic (exact) mass is 440 g/mol. The van der Waals surface area contributed by atoms with Crippen LogP contribution in [0.4, 0.5) is 5.69 Å². The van der Waals surface area contributed by atoms with Crippen molar-refractivity contribution in [3.63, 3.8) is 0 Å². The number of nitrogens with zero attached hydrogens (tertiary/aromatic N) is 2. The van der Waals surface area contributed by atoms with E-state index in [4.69, 9.17) is 0 Å². The summed E-state index contributed by atoms with van der Waals surface area (Å²) in [5.41, 5.74) is 3.26. The zero-order valence-corrected chi connectivity index (χ0v) is 17.6. The molecular formula is C26H20N2O5. The van der Waals surface area contributed by atoms with E-state index in [1.54, 1.807) is 47.4 Å². The Morgan fingerprint density at radius 3 is 2.15 bits per heavy atom. The van der Waals surface area contributed by atoms with Gasteiger partial charge in [-0.2, -0.15) is 0 Å². The maximum absolute atomic E-state index is 13.5. The third-order valence-corrected chi connectivity index (χ3v) is 6.17. The van der Waals surface area contributed by atoms with E-state index in [1.165, 1.54) is 6.07 Å². The van der Waals surface area contributed by atoms with Crippen LogP contribution in [0.3, 0.4) is 0 Å². The predicted octanol–water partition coefficient (Wildman–Crippen LogP) is 3.53. The molecule has 7 nitrogen and oxygen atoms in total. The molecule has 164 valence electrons. The maximum atomic E-state index is 13.5. The third-order valence-electron chi connectivity index (χ3n) is 6.17. The summed E-state index contributed by atoms with van der Waals surface area (Å²) in [4.78, 5) is 53.3. The topological polar surface area (TPSA) is 95.0 Å². The molecule has 3 aromatic carbocycles. The first-order chi connectivity index (χ1) is 15.9. The first kappa shape index (κ1) is 20.6. The van der Waals surface area contributed by atoms with Gasteiger partial charge in [0.05, 0.1) is 23.2 Å². The molecule has 0 aliphatic carbocycles. The Kier molecular flexibility index (Phi) is 5.01. The number of fused-ring (bicyclic) bond motifs is 2. The van der Waals surface area contributed by atoms with Crippen molar-refractivity contribution in [2.75, 3.05) is 4.90 Å². The largest absolute Gasteiger partial charge is 0.481 e. The molecule has 3 amide bonds. The van der Waals surface area contributed by atoms with Gasteiger partial charge in [0.1, 0.15) is 0 Å². The lowest BCUT2D eigenvalue weighted by Crippen LogP contribution is -2.45. The molecule has 0 aromatic heterocycles. The second kappa shape index (κ2) is 8.02. The van der Waals surface area contributed by atoms with Crippen molar-refractivity contribution in [1.29, 1.82) is 0 Å². The lowest BCUT2D eigenvalue weighted by Gasteiger charge is -2.36. The van der Waals surface area contributed by atoms with Crippen LogP contribution in [0, 0.1) is 0 Å². The Hall–Kier alpha value is -4.26. The van der Waals surface area contributed by atoms with E-state index in [9.17, 15) is 24.3 Å². The molecule has 0 spiro atoms. The Morgan fingerprint density at radius 2 is 1.48 bits per heavy atom. The van der Waals surface area contributed by atoms with E-state index in [2.05, 4.69) is 0 Å². The average Bonchev–Trinajstić information content (AvgIpc) is 3.08. The normalized spacial score (nSPS) is 17.0. The molecular weight excluding hydrogens is 420 g/mol. The van der Waals surface area contributed by atoms with Crippen molar-refractivity contribution in [3.05, 3.63) is 101 Å². The van der Waals surface area contributed by atoms with Gasteiger partial charge in [-0.1, -0.05) is 42.5 Å². The summed E-state index contributed by atoms with van der Waals surface area (Å²) in [6.45, 7) is 0.296. The Balaban J connectivity index is 1.47. The number of hydrogen-bond acceptors (Lipinski definition) is 4. The van der Waals surface area contributed by atoms with Crippen molar-refractivity contribution < 1.29 is 24.3 Å². The number of amides is 3. The minimum absolute atomic E-state index is 0.168. The van der Waals surface area contributed by atoms with Gasteiger partial charge in [0.15, 0.2) is 0 Å². The van der Waals surface area contributed by atoms with Gasteiger partial charge in [-0.05, 0) is 47.9 Å². The average molecular weight is 440 g/mol. The molecule has 3 aromatic rings. The molecule has 0 saturated heterocycles. The van der Waals surface area contributed by atoms with Crippen LogP contribution in [0.5, 0.6) is 0 Å². The molecule has 0 saturated carbocycles. The maximum Gasteiger partial charge on any atom is 0.305 e. The molecule has 5 rings (SSSR count). The van der Waals surface area contributed by atoms with Crippen molar-refractivity contribution in [2.24, 2.45) is 0 Å². The first-order valence-corrected chi connectivity index (χ1v) is 10.6. The zero-order chi connectivity index (χ0) is 23.1. The van der Waals surface area contributed by atoms with E-state index in [-0.39, 0.29) is 12.3 Å². The first-order valence-electron chi connectivity index (χ1n) is 10.6. The summed E-state index contributed by atoms with van der Waals surface area (Å²) in [6, 6.07) is 20.2. The highest BCUT2D eigenvalue weighted by Gasteiger charge is 2.37. The van der Waals surface area contributed by atoms with Crippen molar-refractivity contribution in [2.45, 2.75) is 25.4 Å². The van der Waals surface area contributed by atoms with Crippen LogP contribution in [0.15, 0.2) is 72.8 Å². The molecule has 0 bridgehead atoms. The lowest BCUT2D eigenvalue weighted by atomic mass is 9.91. The number of anilines is 1. The fourth-order valence-electron chi connectivity index (χ4n) is 4.58. The number of carboxylic acid groups (broad SMARTS) is 1. The molecule has 1 N–H and O–H groups in total. The SMILES string of the molecule is O=C(O)C[C@@H]1Cc2ccccc2CN1C(=O)c1cccc(N2C(=O)c3ccccc3C2=O)c1. The second-order valence-corrected chi connectivity index (χ2v) is 8.20. The molecule has 2 aliphatic rings. The summed E-state index contributed by atoms with van der Waals surface area (Å²) >= 11 is 0. The Bertz CT molecular complexity index is 1280. The van der Waals surface area contributed by atoms with Gasteiger partial charge in [-0.3, -0.25) is 19.2 Å². The second-order valence-electron chi connectivity index (χ2n) is 8.20. The molecule has 33 heavy (non-hydrogen) atoms. The lowest BCUT2D eigenvalue weighted by molar-refractivity contribution is -0.138. The molecule has 7 heteroatoms. The fourth-order valence-corrected chi connectivity index (χ4v) is 4.58. The Labute approximate surface area is 189 Å². The zero-order valence-electron chi connectivity index (χ0n) is 17.6. The van der Waals surface area contributed by atoms with Gasteiger partial charge in [0, 0.05) is 18.2 Å². The number of carboxylic acids is 1. The van der Waals surface area contributed by atoms with Gasteiger partial charge in [-0.15, -0.1) is 0 Å². The van der Waals surface area contributed by atoms with Crippen molar-refractivity contribution in [3.8, 4) is 0 Å². The summed E-state index contributed by atoms with van der Waals surface area (Å²) in [5.74, 6) is -2.18. The van der Waals surface area contributed by atoms with Crippen LogP contribution in [0.25, 0.3) is 0 Å². The molecule has 1 atom stereocenters. The van der Waals surface area contributed by atoms with Crippen LogP contribution in [-0.4, -0.2) is 39.7 Å². The highest BCUT2D eigenvalue weighted by Crippen LogP contribution is 2.31. The number of carbonyl (C=O) groups is 4. The van der Waals surface area contributed by atoms with Crippen LogP contribution >= 0.6 is 0 Å². The summed E-state index contributed by atoms with van der Waals surface area (Å²) in [7, 11) is 0. The van der Waals surface area contributed by atoms with Gasteiger partial charge >= 0.3 is 5.97 Å². The standard InChI is InChI=1S/C26H20N2O5/c29-23(30)14-20-12-16-6-1-2-7-18(16)15-27(20)24(31)17-8-5-9-19(13-17)28-25(32)21-10-3-4-11-22(21)26(28)33/h1-11,13,20H,12,14-15H2,(H,29,30)/t20-/m0/s1. The minimum Gasteiger partial charge on any atom is -0.481 e. The van der Waals surface area contributed by atoms with Crippen LogP contribution in [0.2, 0.25) is 0 Å². The highest BCUT2D eigenvalue weighted by atomic mass is 16.4. The highest BCUT2D eigenvalue weighted by molar-refractivity contribution is 6.34. The van der Waals surface area contributed by atoms with Gasteiger partial charge in [0.25, 0.3) is 17.7 Å². The number of hydrogen-bond donors (Lipinski definition) is 1. The van der Waals surface area contributed by atoms with Crippen molar-refractivity contribution >= 4 is 29.4 Å². The van der Waals surface area contributed by atoms with Gasteiger partial charge in [-0.25, -0.2) is 4.90 Å². The van der Waals surface area contributed by atoms with E-state index >= 15 is 0 Å². The summed E-state index contributed by atoms with van der Waals surface area (Å²) < 4.78 is 0. The quantitative estimate of drug-likeness (QED) is 0.627. The van der Waals surface area contributed by atoms with E-state index < -0.39 is 23.8 Å². The molecule has 0 unspecified atom stereocenters. The van der Waals surface area contributed by atoms with E-state index in [1.807, 2.05) is 24.3 Å². The third kappa shape index (κ3) is 3.57. The molecule has 2 heterocycles. The predicted molar refractivity (Wildman–Crippen MR) is 120 cm³/mol. The number of aliphatic carboxylic acids is 1. The fraction of sp³-hybridized carbons (Fsp3) is 0.154. The smallest absolute Gasteiger partial charge is 0.305 e. The van der Waals surface area contributed by atoms with Crippen LogP contribution in [0.1, 0.15) is 48.6 Å². The summed E-state index contributed by atoms with van der Waals surface area (Å²) in [5, 5.41) is 9.40. The number of benzene rings is 3. The van der Waals surface area contributed by atoms with E-state index in [0.717, 1.165) is 16.0 Å². The number of carbonyl (C=O) groups excluding carboxylic acids is 3. The minimum atomic E-state index is -0.975. The number of rotatable bonds is 4. The van der Waals surface area contributed by atoms with Gasteiger partial charge < -0.3 is 10.0 Å². The Morgan fingerprint density at radius 1 is 0.848 bits per heavy atom. The molecule has 2 aliphatic heterocycles. The molecule has 0 radical (unpaired) electrons. The van der Waals surface area contributed by atoms with E-state index in [0.29, 0.717) is 35.3 Å². The van der Waals surface area contributed by atoms with Crippen LogP contribution in [-0.2, 0) is 17.8 Å². The molecule has 0 fully saturated rings.